The Bertz CT molecular complexity index is 2130. The molecule has 2 aromatic heterocycles. The van der Waals surface area contributed by atoms with Crippen LogP contribution in [0.2, 0.25) is 18.1 Å². The second-order valence-electron chi connectivity index (χ2n) is 14.1. The van der Waals surface area contributed by atoms with E-state index in [4.69, 9.17) is 18.3 Å². The quantitative estimate of drug-likeness (QED) is 0.0733. The van der Waals surface area contributed by atoms with Crippen LogP contribution in [0.25, 0.3) is 33.4 Å². The molecular formula is C38H43F2N2O7SSi-. The zero-order valence-corrected chi connectivity index (χ0v) is 31.9. The minimum absolute atomic E-state index is 0.101. The summed E-state index contributed by atoms with van der Waals surface area (Å²) in [7, 11) is -0.287. The van der Waals surface area contributed by atoms with Crippen molar-refractivity contribution in [3.05, 3.63) is 99.5 Å². The molecule has 0 bridgehead atoms. The first-order chi connectivity index (χ1) is 23.9. The molecule has 0 aliphatic carbocycles. The van der Waals surface area contributed by atoms with Crippen molar-refractivity contribution in [2.75, 3.05) is 19.8 Å². The molecule has 272 valence electrons. The molecule has 0 saturated heterocycles. The fraction of sp³-hybridized carbons (Fsp3) is 0.342. The van der Waals surface area contributed by atoms with Gasteiger partial charge in [0, 0.05) is 53.8 Å². The fourth-order valence-corrected chi connectivity index (χ4v) is 6.84. The van der Waals surface area contributed by atoms with Gasteiger partial charge in [-0.2, -0.15) is 0 Å². The zero-order valence-electron chi connectivity index (χ0n) is 30.1. The van der Waals surface area contributed by atoms with Crippen molar-refractivity contribution in [2.24, 2.45) is 7.05 Å². The van der Waals surface area contributed by atoms with Gasteiger partial charge in [-0.1, -0.05) is 26.8 Å². The molecule has 0 radical (unpaired) electrons. The molecule has 2 heterocycles. The number of fused-ring (bicyclic) bond motifs is 1. The van der Waals surface area contributed by atoms with E-state index < -0.39 is 31.2 Å². The van der Waals surface area contributed by atoms with E-state index in [2.05, 4.69) is 38.6 Å². The monoisotopic (exact) mass is 737 g/mol. The molecule has 0 aliphatic heterocycles. The summed E-state index contributed by atoms with van der Waals surface area (Å²) in [6.45, 7) is 16.0. The second kappa shape index (κ2) is 15.2. The van der Waals surface area contributed by atoms with Crippen LogP contribution in [0.4, 0.5) is 8.78 Å². The number of ether oxygens (including phenoxy) is 2. The highest BCUT2D eigenvalue weighted by molar-refractivity contribution is 7.77. The van der Waals surface area contributed by atoms with E-state index in [0.717, 1.165) is 40.1 Å². The summed E-state index contributed by atoms with van der Waals surface area (Å²) in [6.07, 6.45) is 1.94. The Morgan fingerprint density at radius 1 is 0.961 bits per heavy atom. The van der Waals surface area contributed by atoms with E-state index in [1.807, 2.05) is 26.0 Å². The molecule has 1 unspecified atom stereocenters. The third-order valence-electron chi connectivity index (χ3n) is 9.28. The van der Waals surface area contributed by atoms with Crippen molar-refractivity contribution in [2.45, 2.75) is 59.2 Å². The number of nitrogens with one attached hydrogen (secondary N) is 1. The summed E-state index contributed by atoms with van der Waals surface area (Å²) >= 11 is -2.43. The summed E-state index contributed by atoms with van der Waals surface area (Å²) in [5.41, 5.74) is 4.20. The van der Waals surface area contributed by atoms with Crippen LogP contribution in [0.15, 0.2) is 70.0 Å². The van der Waals surface area contributed by atoms with Crippen LogP contribution in [0.3, 0.4) is 0 Å². The molecule has 51 heavy (non-hydrogen) atoms. The summed E-state index contributed by atoms with van der Waals surface area (Å²) in [6, 6.07) is 13.7. The molecule has 0 fully saturated rings. The Balaban J connectivity index is 1.53. The number of halogens is 2. The Morgan fingerprint density at radius 3 is 2.29 bits per heavy atom. The Kier molecular flexibility index (Phi) is 11.4. The fourth-order valence-electron chi connectivity index (χ4n) is 5.55. The molecule has 9 nitrogen and oxygen atoms in total. The molecule has 13 heteroatoms. The van der Waals surface area contributed by atoms with Gasteiger partial charge in [0.1, 0.15) is 35.3 Å². The zero-order chi connectivity index (χ0) is 37.2. The molecule has 0 aliphatic rings. The summed E-state index contributed by atoms with van der Waals surface area (Å²) in [4.78, 5) is 13.4. The standard InChI is InChI=1S/C38H44F2N2O7SSi/c1-23-17-26(18-24(2)35(23)46-15-16-47-51(7,8)38(3,4)5)34-21-29-36(49-34)30(22-42(6)37(29)43)28-19-25(13-14-41-50(44)45)9-11-32(28)48-33-12-10-27(39)20-31(33)40/h9-12,17-22,41H,13-16H2,1-8H3,(H,44,45)/p-1. The predicted octanol–water partition coefficient (Wildman–Crippen LogP) is 8.48. The highest BCUT2D eigenvalue weighted by Gasteiger charge is 2.37. The molecule has 0 amide bonds. The number of aryl methyl sites for hydroxylation is 3. The number of benzene rings is 3. The van der Waals surface area contributed by atoms with E-state index in [1.165, 1.54) is 10.6 Å². The number of nitrogens with zero attached hydrogens (tertiary/aromatic N) is 1. The van der Waals surface area contributed by atoms with Crippen molar-refractivity contribution in [3.8, 4) is 39.7 Å². The number of pyridine rings is 1. The van der Waals surface area contributed by atoms with Gasteiger partial charge < -0.3 is 27.4 Å². The molecule has 5 aromatic rings. The van der Waals surface area contributed by atoms with Gasteiger partial charge in [0.15, 0.2) is 19.9 Å². The van der Waals surface area contributed by atoms with Crippen molar-refractivity contribution in [1.82, 2.24) is 9.29 Å². The van der Waals surface area contributed by atoms with Crippen LogP contribution < -0.4 is 19.8 Å². The minimum Gasteiger partial charge on any atom is -0.760 e. The third-order valence-corrected chi connectivity index (χ3v) is 14.3. The Labute approximate surface area is 300 Å². The second-order valence-corrected chi connectivity index (χ2v) is 19.7. The van der Waals surface area contributed by atoms with Gasteiger partial charge in [0.2, 0.25) is 0 Å². The van der Waals surface area contributed by atoms with Gasteiger partial charge in [-0.05, 0) is 97.6 Å². The van der Waals surface area contributed by atoms with Gasteiger partial charge in [-0.25, -0.2) is 13.5 Å². The lowest BCUT2D eigenvalue weighted by Crippen LogP contribution is -2.41. The lowest BCUT2D eigenvalue weighted by molar-refractivity contribution is 0.202. The predicted molar refractivity (Wildman–Crippen MR) is 198 cm³/mol. The van der Waals surface area contributed by atoms with E-state index in [1.54, 1.807) is 37.5 Å². The van der Waals surface area contributed by atoms with E-state index in [-0.39, 0.29) is 34.2 Å². The molecule has 0 saturated carbocycles. The van der Waals surface area contributed by atoms with Crippen LogP contribution in [0.1, 0.15) is 37.5 Å². The molecule has 5 rings (SSSR count). The lowest BCUT2D eigenvalue weighted by atomic mass is 10.0. The van der Waals surface area contributed by atoms with Crippen LogP contribution in [0, 0.1) is 25.5 Å². The van der Waals surface area contributed by atoms with Gasteiger partial charge in [0.25, 0.3) is 5.56 Å². The average molecular weight is 738 g/mol. The van der Waals surface area contributed by atoms with Gasteiger partial charge in [-0.15, -0.1) is 0 Å². The molecule has 0 spiro atoms. The maximum absolute atomic E-state index is 14.7. The highest BCUT2D eigenvalue weighted by atomic mass is 32.2. The molecule has 1 atom stereocenters. The van der Waals surface area contributed by atoms with Crippen LogP contribution >= 0.6 is 0 Å². The summed E-state index contributed by atoms with van der Waals surface area (Å²) < 4.78 is 79.2. The van der Waals surface area contributed by atoms with Crippen molar-refractivity contribution < 1.29 is 35.9 Å². The Hall–Kier alpha value is -4.14. The summed E-state index contributed by atoms with van der Waals surface area (Å²) in [5, 5.41) is 0.417. The van der Waals surface area contributed by atoms with Crippen molar-refractivity contribution in [3.63, 3.8) is 0 Å². The van der Waals surface area contributed by atoms with E-state index >= 15 is 0 Å². The maximum atomic E-state index is 14.7. The van der Waals surface area contributed by atoms with E-state index in [0.29, 0.717) is 41.9 Å². The first-order valence-corrected chi connectivity index (χ1v) is 20.5. The normalized spacial score (nSPS) is 12.8. The SMILES string of the molecule is Cc1cc(-c2cc3c(=O)n(C)cc(-c4cc(CCNS(=O)[O-])ccc4Oc4ccc(F)cc4F)c3o2)cc(C)c1OCCO[Si](C)(C)C(C)(C)C. The minimum atomic E-state index is -2.43. The largest absolute Gasteiger partial charge is 0.760 e. The number of rotatable bonds is 13. The lowest BCUT2D eigenvalue weighted by Gasteiger charge is -2.36. The number of aromatic nitrogens is 1. The Morgan fingerprint density at radius 2 is 1.65 bits per heavy atom. The topological polar surface area (TPSA) is 115 Å². The smallest absolute Gasteiger partial charge is 0.261 e. The molecule has 3 aromatic carbocycles. The van der Waals surface area contributed by atoms with Gasteiger partial charge in [-0.3, -0.25) is 9.00 Å². The summed E-state index contributed by atoms with van der Waals surface area (Å²) in [5.74, 6) is -0.407. The van der Waals surface area contributed by atoms with E-state index in [9.17, 15) is 22.3 Å². The van der Waals surface area contributed by atoms with Crippen LogP contribution in [-0.4, -0.2) is 41.4 Å². The van der Waals surface area contributed by atoms with Crippen LogP contribution in [0.5, 0.6) is 17.2 Å². The van der Waals surface area contributed by atoms with Crippen molar-refractivity contribution in [1.29, 1.82) is 0 Å². The highest BCUT2D eigenvalue weighted by Crippen LogP contribution is 2.41. The van der Waals surface area contributed by atoms with Crippen LogP contribution in [-0.2, 0) is 29.2 Å². The van der Waals surface area contributed by atoms with Gasteiger partial charge >= 0.3 is 0 Å². The number of hydrogen-bond acceptors (Lipinski definition) is 7. The number of hydrogen-bond donors (Lipinski definition) is 1. The maximum Gasteiger partial charge on any atom is 0.261 e. The van der Waals surface area contributed by atoms with Crippen molar-refractivity contribution >= 4 is 30.6 Å². The molecule has 1 N–H and O–H groups in total. The third kappa shape index (κ3) is 8.67. The van der Waals surface area contributed by atoms with Gasteiger partial charge in [0.05, 0.1) is 12.0 Å². The molecular weight excluding hydrogens is 695 g/mol. The first kappa shape index (κ1) is 38.1. The average Bonchev–Trinajstić information content (AvgIpc) is 3.49. The number of furan rings is 1. The first-order valence-electron chi connectivity index (χ1n) is 16.6.